The van der Waals surface area contributed by atoms with Crippen LogP contribution in [0.3, 0.4) is 0 Å². The van der Waals surface area contributed by atoms with Crippen LogP contribution in [0.1, 0.15) is 50.5 Å². The summed E-state index contributed by atoms with van der Waals surface area (Å²) < 4.78 is 11.4. The molecule has 1 aliphatic rings. The average Bonchev–Trinajstić information content (AvgIpc) is 3.02. The molecule has 1 heterocycles. The Morgan fingerprint density at radius 1 is 1.13 bits per heavy atom. The lowest BCUT2D eigenvalue weighted by molar-refractivity contribution is -0.148. The molecule has 1 unspecified atom stereocenters. The van der Waals surface area contributed by atoms with Gasteiger partial charge in [0.2, 0.25) is 5.91 Å². The number of ether oxygens (including phenoxy) is 2. The van der Waals surface area contributed by atoms with E-state index < -0.39 is 11.4 Å². The summed E-state index contributed by atoms with van der Waals surface area (Å²) in [5.41, 5.74) is 2.95. The Bertz CT molecular complexity index is 965. The van der Waals surface area contributed by atoms with Crippen molar-refractivity contribution in [3.05, 3.63) is 65.2 Å². The highest BCUT2D eigenvalue weighted by Crippen LogP contribution is 2.28. The lowest BCUT2D eigenvalue weighted by atomic mass is 9.86. The highest BCUT2D eigenvalue weighted by atomic mass is 32.2. The first kappa shape index (κ1) is 22.9. The number of rotatable bonds is 7. The molecule has 0 aliphatic carbocycles. The fourth-order valence-electron chi connectivity index (χ4n) is 3.24. The van der Waals surface area contributed by atoms with E-state index in [4.69, 9.17) is 9.47 Å². The van der Waals surface area contributed by atoms with Crippen LogP contribution < -0.4 is 10.1 Å². The third-order valence-corrected chi connectivity index (χ3v) is 5.93. The molecule has 2 amide bonds. The molecular weight excluding hydrogens is 414 g/mol. The van der Waals surface area contributed by atoms with Gasteiger partial charge in [-0.25, -0.2) is 0 Å². The molecule has 164 valence electrons. The molecule has 2 atom stereocenters. The maximum Gasteiger partial charge on any atom is 0.303 e. The average molecular weight is 442 g/mol. The van der Waals surface area contributed by atoms with Crippen molar-refractivity contribution >= 4 is 28.9 Å². The molecule has 0 radical (unpaired) electrons. The summed E-state index contributed by atoms with van der Waals surface area (Å²) in [5, 5.41) is 1.59. The quantitative estimate of drug-likeness (QED) is 0.635. The summed E-state index contributed by atoms with van der Waals surface area (Å²) in [5.74, 6) is 0.0107. The predicted octanol–water partition coefficient (Wildman–Crippen LogP) is 4.56. The number of carbonyl (C=O) groups excluding carboxylic acids is 3. The lowest BCUT2D eigenvalue weighted by Gasteiger charge is -2.23. The number of imide groups is 1. The monoisotopic (exact) mass is 441 g/mol. The maximum absolute atomic E-state index is 11.7. The van der Waals surface area contributed by atoms with Crippen molar-refractivity contribution in [2.45, 2.75) is 50.9 Å². The Labute approximate surface area is 186 Å². The molecule has 1 saturated heterocycles. The first-order valence-corrected chi connectivity index (χ1v) is 11.0. The topological polar surface area (TPSA) is 81.7 Å². The summed E-state index contributed by atoms with van der Waals surface area (Å²) >= 11 is 1.01. The summed E-state index contributed by atoms with van der Waals surface area (Å²) in [6, 6.07) is 15.4. The molecule has 31 heavy (non-hydrogen) atoms. The van der Waals surface area contributed by atoms with E-state index in [2.05, 4.69) is 32.2 Å². The smallest absolute Gasteiger partial charge is 0.303 e. The molecule has 2 aromatic rings. The van der Waals surface area contributed by atoms with Crippen molar-refractivity contribution in [2.24, 2.45) is 0 Å². The first-order valence-electron chi connectivity index (χ1n) is 10.1. The number of thioether (sulfide) groups is 1. The van der Waals surface area contributed by atoms with Gasteiger partial charge in [-0.15, -0.1) is 0 Å². The van der Waals surface area contributed by atoms with Crippen molar-refractivity contribution < 1.29 is 23.9 Å². The van der Waals surface area contributed by atoms with Gasteiger partial charge in [0, 0.05) is 6.92 Å². The van der Waals surface area contributed by atoms with E-state index in [9.17, 15) is 14.4 Å². The molecule has 2 aromatic carbocycles. The van der Waals surface area contributed by atoms with Crippen molar-refractivity contribution in [3.8, 4) is 5.75 Å². The lowest BCUT2D eigenvalue weighted by Crippen LogP contribution is -2.25. The zero-order chi connectivity index (χ0) is 22.6. The van der Waals surface area contributed by atoms with E-state index in [1.54, 1.807) is 0 Å². The van der Waals surface area contributed by atoms with Gasteiger partial charge >= 0.3 is 5.97 Å². The third kappa shape index (κ3) is 6.34. The molecule has 6 nitrogen and oxygen atoms in total. The van der Waals surface area contributed by atoms with Crippen molar-refractivity contribution in [2.75, 3.05) is 6.61 Å². The van der Waals surface area contributed by atoms with Crippen LogP contribution in [-0.2, 0) is 26.2 Å². The second-order valence-corrected chi connectivity index (χ2v) is 9.69. The van der Waals surface area contributed by atoms with E-state index in [-0.39, 0.29) is 29.1 Å². The SMILES string of the molecule is CC(=O)O[C@H](COc1ccc(CC2SC(=O)NC2=O)cc1)c1cccc(C(C)(C)C)c1. The zero-order valence-corrected chi connectivity index (χ0v) is 19.0. The van der Waals surface area contributed by atoms with Crippen molar-refractivity contribution in [1.82, 2.24) is 5.32 Å². The van der Waals surface area contributed by atoms with Gasteiger partial charge in [0.05, 0.1) is 5.25 Å². The minimum absolute atomic E-state index is 0.0212. The van der Waals surface area contributed by atoms with Crippen molar-refractivity contribution in [3.63, 3.8) is 0 Å². The van der Waals surface area contributed by atoms with Gasteiger partial charge in [0.1, 0.15) is 12.4 Å². The molecule has 1 N–H and O–H groups in total. The van der Waals surface area contributed by atoms with Crippen LogP contribution in [0.25, 0.3) is 0 Å². The van der Waals surface area contributed by atoms with Gasteiger partial charge in [-0.2, -0.15) is 0 Å². The number of esters is 1. The fourth-order valence-corrected chi connectivity index (χ4v) is 4.10. The maximum atomic E-state index is 11.7. The zero-order valence-electron chi connectivity index (χ0n) is 18.1. The summed E-state index contributed by atoms with van der Waals surface area (Å²) in [7, 11) is 0. The van der Waals surface area contributed by atoms with E-state index in [0.717, 1.165) is 28.5 Å². The Kier molecular flexibility index (Phi) is 7.05. The van der Waals surface area contributed by atoms with Crippen LogP contribution in [0.4, 0.5) is 4.79 Å². The van der Waals surface area contributed by atoms with Gasteiger partial charge in [0.25, 0.3) is 5.24 Å². The molecular formula is C24H27NO5S. The molecule has 3 rings (SSSR count). The minimum Gasteiger partial charge on any atom is -0.489 e. The molecule has 0 spiro atoms. The molecule has 1 fully saturated rings. The van der Waals surface area contributed by atoms with Gasteiger partial charge in [-0.3, -0.25) is 19.7 Å². The van der Waals surface area contributed by atoms with Crippen LogP contribution in [-0.4, -0.2) is 29.0 Å². The number of benzene rings is 2. The highest BCUT2D eigenvalue weighted by molar-refractivity contribution is 8.15. The molecule has 1 aliphatic heterocycles. The minimum atomic E-state index is -0.524. The third-order valence-electron chi connectivity index (χ3n) is 4.95. The Morgan fingerprint density at radius 3 is 2.42 bits per heavy atom. The van der Waals surface area contributed by atoms with E-state index in [0.29, 0.717) is 12.2 Å². The van der Waals surface area contributed by atoms with Gasteiger partial charge in [-0.05, 0) is 40.7 Å². The van der Waals surface area contributed by atoms with Crippen LogP contribution >= 0.6 is 11.8 Å². The van der Waals surface area contributed by atoms with Crippen molar-refractivity contribution in [1.29, 1.82) is 0 Å². The fraction of sp³-hybridized carbons (Fsp3) is 0.375. The predicted molar refractivity (Wildman–Crippen MR) is 120 cm³/mol. The van der Waals surface area contributed by atoms with E-state index in [1.165, 1.54) is 6.92 Å². The Hall–Kier alpha value is -2.80. The number of nitrogens with one attached hydrogen (secondary N) is 1. The highest BCUT2D eigenvalue weighted by Gasteiger charge is 2.31. The first-order chi connectivity index (χ1) is 14.6. The number of amides is 2. The summed E-state index contributed by atoms with van der Waals surface area (Å²) in [6.07, 6.45) is -0.0536. The van der Waals surface area contributed by atoms with Crippen LogP contribution in [0.5, 0.6) is 5.75 Å². The Balaban J connectivity index is 1.66. The summed E-state index contributed by atoms with van der Waals surface area (Å²) in [6.45, 7) is 7.97. The molecule has 0 aromatic heterocycles. The largest absolute Gasteiger partial charge is 0.489 e. The molecule has 7 heteroatoms. The second-order valence-electron chi connectivity index (χ2n) is 8.52. The normalized spacial score (nSPS) is 17.2. The number of hydrogen-bond acceptors (Lipinski definition) is 6. The van der Waals surface area contributed by atoms with Gasteiger partial charge in [-0.1, -0.05) is 68.9 Å². The van der Waals surface area contributed by atoms with Crippen LogP contribution in [0.2, 0.25) is 0 Å². The van der Waals surface area contributed by atoms with Gasteiger partial charge in [0.15, 0.2) is 6.10 Å². The Morgan fingerprint density at radius 2 is 1.84 bits per heavy atom. The molecule has 0 saturated carbocycles. The van der Waals surface area contributed by atoms with Crippen LogP contribution in [0, 0.1) is 0 Å². The standard InChI is InChI=1S/C24H27NO5S/c1-15(26)30-20(17-6-5-7-18(13-17)24(2,3)4)14-29-19-10-8-16(9-11-19)12-21-22(27)25-23(28)31-21/h5-11,13,20-21H,12,14H2,1-4H3,(H,25,27,28)/t20-,21?/m1/s1. The molecule has 0 bridgehead atoms. The van der Waals surface area contributed by atoms with E-state index >= 15 is 0 Å². The summed E-state index contributed by atoms with van der Waals surface area (Å²) in [4.78, 5) is 34.7. The number of carbonyl (C=O) groups is 3. The van der Waals surface area contributed by atoms with Crippen LogP contribution in [0.15, 0.2) is 48.5 Å². The number of hydrogen-bond donors (Lipinski definition) is 1. The van der Waals surface area contributed by atoms with E-state index in [1.807, 2.05) is 42.5 Å². The van der Waals surface area contributed by atoms with Gasteiger partial charge < -0.3 is 9.47 Å². The second kappa shape index (κ2) is 9.56.